The fraction of sp³-hybridized carbons (Fsp3) is 0.538. The molecule has 0 aromatic heterocycles. The molecule has 1 aromatic rings. The zero-order valence-corrected chi connectivity index (χ0v) is 9.26. The van der Waals surface area contributed by atoms with Gasteiger partial charge in [-0.25, -0.2) is 8.78 Å². The minimum Gasteiger partial charge on any atom is -0.330 e. The van der Waals surface area contributed by atoms with E-state index in [4.69, 9.17) is 5.73 Å². The van der Waals surface area contributed by atoms with Gasteiger partial charge in [-0.15, -0.1) is 0 Å². The summed E-state index contributed by atoms with van der Waals surface area (Å²) in [7, 11) is 0. The molecule has 1 nitrogen and oxygen atoms in total. The van der Waals surface area contributed by atoms with Crippen LogP contribution in [0.5, 0.6) is 0 Å². The highest BCUT2D eigenvalue weighted by Crippen LogP contribution is 2.35. The first-order chi connectivity index (χ1) is 7.69. The fourth-order valence-electron chi connectivity index (χ4n) is 2.54. The molecule has 0 spiro atoms. The van der Waals surface area contributed by atoms with E-state index in [1.807, 2.05) is 0 Å². The monoisotopic (exact) mass is 225 g/mol. The van der Waals surface area contributed by atoms with Crippen LogP contribution < -0.4 is 5.73 Å². The van der Waals surface area contributed by atoms with Crippen molar-refractivity contribution in [2.75, 3.05) is 6.54 Å². The maximum absolute atomic E-state index is 13.1. The Morgan fingerprint density at radius 1 is 1.00 bits per heavy atom. The molecule has 0 bridgehead atoms. The summed E-state index contributed by atoms with van der Waals surface area (Å²) in [5.41, 5.74) is 6.41. The summed E-state index contributed by atoms with van der Waals surface area (Å²) >= 11 is 0. The van der Waals surface area contributed by atoms with Gasteiger partial charge >= 0.3 is 0 Å². The van der Waals surface area contributed by atoms with Crippen molar-refractivity contribution in [3.8, 4) is 0 Å². The van der Waals surface area contributed by atoms with Gasteiger partial charge < -0.3 is 5.73 Å². The Kier molecular flexibility index (Phi) is 3.54. The Bertz CT molecular complexity index is 337. The molecule has 1 saturated carbocycles. The molecule has 1 aliphatic carbocycles. The number of hydrogen-bond donors (Lipinski definition) is 1. The third-order valence-electron chi connectivity index (χ3n) is 3.54. The van der Waals surface area contributed by atoms with Crippen molar-refractivity contribution in [1.82, 2.24) is 0 Å². The molecular weight excluding hydrogens is 208 g/mol. The standard InChI is InChI=1S/C13H17F2N/c14-12-5-11(6-13(15)7-12)10-3-1-9(8-16)2-4-10/h5-7,9-10H,1-4,8,16H2. The topological polar surface area (TPSA) is 26.0 Å². The lowest BCUT2D eigenvalue weighted by Crippen LogP contribution is -2.20. The molecule has 0 atom stereocenters. The van der Waals surface area contributed by atoms with Gasteiger partial charge in [-0.3, -0.25) is 0 Å². The molecule has 0 amide bonds. The summed E-state index contributed by atoms with van der Waals surface area (Å²) in [5, 5.41) is 0. The quantitative estimate of drug-likeness (QED) is 0.821. The van der Waals surface area contributed by atoms with Gasteiger partial charge in [0.2, 0.25) is 0 Å². The van der Waals surface area contributed by atoms with E-state index in [0.717, 1.165) is 43.9 Å². The molecule has 0 aliphatic heterocycles. The number of nitrogens with two attached hydrogens (primary N) is 1. The second-order valence-corrected chi connectivity index (χ2v) is 4.66. The van der Waals surface area contributed by atoms with E-state index in [0.29, 0.717) is 11.8 Å². The summed E-state index contributed by atoms with van der Waals surface area (Å²) in [5.74, 6) is -0.0606. The van der Waals surface area contributed by atoms with Crippen LogP contribution in [0, 0.1) is 17.6 Å². The van der Waals surface area contributed by atoms with Crippen LogP contribution in [-0.4, -0.2) is 6.54 Å². The van der Waals surface area contributed by atoms with E-state index >= 15 is 0 Å². The van der Waals surface area contributed by atoms with Crippen molar-refractivity contribution in [3.63, 3.8) is 0 Å². The molecule has 88 valence electrons. The van der Waals surface area contributed by atoms with Crippen molar-refractivity contribution in [1.29, 1.82) is 0 Å². The molecule has 0 saturated heterocycles. The molecule has 1 fully saturated rings. The smallest absolute Gasteiger partial charge is 0.126 e. The number of halogens is 2. The summed E-state index contributed by atoms with van der Waals surface area (Å²) < 4.78 is 26.1. The van der Waals surface area contributed by atoms with Crippen LogP contribution in [0.2, 0.25) is 0 Å². The predicted molar refractivity (Wildman–Crippen MR) is 60.1 cm³/mol. The zero-order valence-electron chi connectivity index (χ0n) is 9.26. The van der Waals surface area contributed by atoms with Gasteiger partial charge in [0.05, 0.1) is 0 Å². The second-order valence-electron chi connectivity index (χ2n) is 4.66. The molecule has 0 heterocycles. The lowest BCUT2D eigenvalue weighted by molar-refractivity contribution is 0.331. The Morgan fingerprint density at radius 2 is 1.56 bits per heavy atom. The zero-order chi connectivity index (χ0) is 11.5. The van der Waals surface area contributed by atoms with Crippen molar-refractivity contribution in [2.24, 2.45) is 11.7 Å². The first-order valence-electron chi connectivity index (χ1n) is 5.85. The maximum atomic E-state index is 13.1. The van der Waals surface area contributed by atoms with Crippen molar-refractivity contribution in [2.45, 2.75) is 31.6 Å². The van der Waals surface area contributed by atoms with Crippen LogP contribution in [0.25, 0.3) is 0 Å². The van der Waals surface area contributed by atoms with E-state index in [1.54, 1.807) is 0 Å². The second kappa shape index (κ2) is 4.91. The van der Waals surface area contributed by atoms with Gasteiger partial charge in [-0.05, 0) is 61.8 Å². The highest BCUT2D eigenvalue weighted by molar-refractivity contribution is 5.22. The highest BCUT2D eigenvalue weighted by atomic mass is 19.1. The first-order valence-corrected chi connectivity index (χ1v) is 5.85. The Balaban J connectivity index is 2.08. The lowest BCUT2D eigenvalue weighted by atomic mass is 9.79. The van der Waals surface area contributed by atoms with Crippen molar-refractivity contribution >= 4 is 0 Å². The van der Waals surface area contributed by atoms with E-state index in [-0.39, 0.29) is 0 Å². The molecule has 1 aliphatic rings. The van der Waals surface area contributed by atoms with E-state index in [2.05, 4.69) is 0 Å². The van der Waals surface area contributed by atoms with E-state index < -0.39 is 11.6 Å². The molecule has 16 heavy (non-hydrogen) atoms. The number of rotatable bonds is 2. The lowest BCUT2D eigenvalue weighted by Gasteiger charge is -2.27. The van der Waals surface area contributed by atoms with Crippen LogP contribution in [0.15, 0.2) is 18.2 Å². The van der Waals surface area contributed by atoms with Crippen LogP contribution in [-0.2, 0) is 0 Å². The van der Waals surface area contributed by atoms with Crippen LogP contribution in [0.4, 0.5) is 8.78 Å². The summed E-state index contributed by atoms with van der Waals surface area (Å²) in [6.07, 6.45) is 4.12. The van der Waals surface area contributed by atoms with Crippen molar-refractivity contribution in [3.05, 3.63) is 35.4 Å². The Morgan fingerprint density at radius 3 is 2.06 bits per heavy atom. The predicted octanol–water partition coefficient (Wildman–Crippen LogP) is 3.20. The van der Waals surface area contributed by atoms with Crippen LogP contribution in [0.1, 0.15) is 37.2 Å². The number of hydrogen-bond acceptors (Lipinski definition) is 1. The van der Waals surface area contributed by atoms with E-state index in [9.17, 15) is 8.78 Å². The molecule has 2 N–H and O–H groups in total. The number of benzene rings is 1. The van der Waals surface area contributed by atoms with Crippen LogP contribution in [0.3, 0.4) is 0 Å². The summed E-state index contributed by atoms with van der Waals surface area (Å²) in [4.78, 5) is 0. The van der Waals surface area contributed by atoms with Gasteiger partial charge in [0.1, 0.15) is 11.6 Å². The third kappa shape index (κ3) is 2.59. The molecule has 3 heteroatoms. The van der Waals surface area contributed by atoms with Gasteiger partial charge in [-0.2, -0.15) is 0 Å². The molecule has 1 aromatic carbocycles. The minimum atomic E-state index is -0.476. The summed E-state index contributed by atoms with van der Waals surface area (Å²) in [6.45, 7) is 0.726. The minimum absolute atomic E-state index is 0.299. The molecule has 2 rings (SSSR count). The third-order valence-corrected chi connectivity index (χ3v) is 3.54. The fourth-order valence-corrected chi connectivity index (χ4v) is 2.54. The largest absolute Gasteiger partial charge is 0.330 e. The first kappa shape index (κ1) is 11.5. The SMILES string of the molecule is NCC1CCC(c2cc(F)cc(F)c2)CC1. The van der Waals surface area contributed by atoms with Crippen molar-refractivity contribution < 1.29 is 8.78 Å². The average molecular weight is 225 g/mol. The highest BCUT2D eigenvalue weighted by Gasteiger charge is 2.22. The molecule has 0 unspecified atom stereocenters. The molecular formula is C13H17F2N. The van der Waals surface area contributed by atoms with E-state index in [1.165, 1.54) is 12.1 Å². The Labute approximate surface area is 94.7 Å². The average Bonchev–Trinajstić information content (AvgIpc) is 2.28. The maximum Gasteiger partial charge on any atom is 0.126 e. The van der Waals surface area contributed by atoms with Gasteiger partial charge in [0.25, 0.3) is 0 Å². The molecule has 0 radical (unpaired) electrons. The van der Waals surface area contributed by atoms with Gasteiger partial charge in [0, 0.05) is 6.07 Å². The normalized spacial score (nSPS) is 25.7. The Hall–Kier alpha value is -0.960. The van der Waals surface area contributed by atoms with Gasteiger partial charge in [-0.1, -0.05) is 0 Å². The summed E-state index contributed by atoms with van der Waals surface area (Å²) in [6, 6.07) is 3.84. The van der Waals surface area contributed by atoms with Gasteiger partial charge in [0.15, 0.2) is 0 Å². The van der Waals surface area contributed by atoms with Crippen LogP contribution >= 0.6 is 0 Å².